The molecular weight excluding hydrogens is 150 g/mol. The van der Waals surface area contributed by atoms with E-state index in [0.717, 1.165) is 16.9 Å². The highest BCUT2D eigenvalue weighted by molar-refractivity contribution is 5.34. The molecule has 0 bridgehead atoms. The molecule has 0 atom stereocenters. The number of hydrogen-bond acceptors (Lipinski definition) is 2. The Morgan fingerprint density at radius 1 is 1.42 bits per heavy atom. The second kappa shape index (κ2) is 3.81. The molecule has 0 amide bonds. The smallest absolute Gasteiger partial charge is 0.116 e. The van der Waals surface area contributed by atoms with Crippen molar-refractivity contribution in [3.05, 3.63) is 28.6 Å². The van der Waals surface area contributed by atoms with E-state index in [1.165, 1.54) is 6.20 Å². The van der Waals surface area contributed by atoms with Crippen molar-refractivity contribution >= 4 is 12.3 Å². The molecule has 2 nitrogen and oxygen atoms in total. The number of phenols is 1. The first-order valence-electron chi connectivity index (χ1n) is 3.99. The zero-order valence-electron chi connectivity index (χ0n) is 7.12. The van der Waals surface area contributed by atoms with Crippen LogP contribution < -0.4 is 16.2 Å². The van der Waals surface area contributed by atoms with Crippen LogP contribution in [0, 0.1) is 0 Å². The summed E-state index contributed by atoms with van der Waals surface area (Å²) in [5.74, 6) is 0.250. The van der Waals surface area contributed by atoms with E-state index >= 15 is 0 Å². The first kappa shape index (κ1) is 8.65. The Morgan fingerprint density at radius 3 is 2.75 bits per heavy atom. The second-order valence-electron chi connectivity index (χ2n) is 2.59. The Labute approximate surface area is 71.6 Å². The van der Waals surface area contributed by atoms with Crippen molar-refractivity contribution in [1.29, 1.82) is 0 Å². The van der Waals surface area contributed by atoms with Crippen molar-refractivity contribution in [2.75, 3.05) is 0 Å². The van der Waals surface area contributed by atoms with Gasteiger partial charge in [0.25, 0.3) is 0 Å². The van der Waals surface area contributed by atoms with Gasteiger partial charge in [-0.15, -0.1) is 0 Å². The zero-order chi connectivity index (χ0) is 8.97. The van der Waals surface area contributed by atoms with Crippen molar-refractivity contribution in [3.63, 3.8) is 0 Å². The van der Waals surface area contributed by atoms with Crippen LogP contribution in [-0.2, 0) is 0 Å². The maximum Gasteiger partial charge on any atom is 0.116 e. The molecule has 0 spiro atoms. The molecule has 0 saturated carbocycles. The third-order valence-electron chi connectivity index (χ3n) is 1.67. The summed E-state index contributed by atoms with van der Waals surface area (Å²) >= 11 is 0. The summed E-state index contributed by atoms with van der Waals surface area (Å²) in [5.41, 5.74) is 5.39. The molecular formula is C10H13NO. The minimum atomic E-state index is 0.250. The summed E-state index contributed by atoms with van der Waals surface area (Å²) in [4.78, 5) is 0. The van der Waals surface area contributed by atoms with Crippen LogP contribution in [-0.4, -0.2) is 5.11 Å². The van der Waals surface area contributed by atoms with Crippen LogP contribution in [0.3, 0.4) is 0 Å². The molecule has 64 valence electrons. The van der Waals surface area contributed by atoms with Gasteiger partial charge in [0.05, 0.1) is 0 Å². The van der Waals surface area contributed by atoms with Gasteiger partial charge >= 0.3 is 0 Å². The molecule has 2 heteroatoms. The van der Waals surface area contributed by atoms with Gasteiger partial charge in [0.15, 0.2) is 0 Å². The van der Waals surface area contributed by atoms with Gasteiger partial charge in [-0.25, -0.2) is 0 Å². The summed E-state index contributed by atoms with van der Waals surface area (Å²) in [5, 5.41) is 11.1. The molecule has 1 aromatic carbocycles. The molecule has 0 unspecified atom stereocenters. The quantitative estimate of drug-likeness (QED) is 0.624. The summed E-state index contributed by atoms with van der Waals surface area (Å²) < 4.78 is 0. The van der Waals surface area contributed by atoms with Crippen LogP contribution in [0.25, 0.3) is 12.3 Å². The minimum absolute atomic E-state index is 0.250. The third kappa shape index (κ3) is 1.78. The van der Waals surface area contributed by atoms with E-state index in [9.17, 15) is 0 Å². The maximum atomic E-state index is 9.15. The SMILES string of the molecule is CC/C=c1/ccc(O)c/c1=C/N. The van der Waals surface area contributed by atoms with Crippen LogP contribution in [0.15, 0.2) is 18.2 Å². The lowest BCUT2D eigenvalue weighted by atomic mass is 10.2. The maximum absolute atomic E-state index is 9.15. The van der Waals surface area contributed by atoms with E-state index in [0.29, 0.717) is 0 Å². The molecule has 0 heterocycles. The number of phenolic OH excluding ortho intramolecular Hbond substituents is 1. The highest BCUT2D eigenvalue weighted by Crippen LogP contribution is 1.97. The van der Waals surface area contributed by atoms with Crippen molar-refractivity contribution in [2.45, 2.75) is 13.3 Å². The number of rotatable bonds is 1. The molecule has 0 fully saturated rings. The van der Waals surface area contributed by atoms with Crippen LogP contribution in [0.2, 0.25) is 0 Å². The molecule has 3 N–H and O–H groups in total. The average molecular weight is 163 g/mol. The molecule has 0 aliphatic rings. The predicted octanol–water partition coefficient (Wildman–Crippen LogP) is 0.279. The first-order chi connectivity index (χ1) is 5.77. The van der Waals surface area contributed by atoms with Gasteiger partial charge in [-0.05, 0) is 23.8 Å². The number of nitrogens with two attached hydrogens (primary N) is 1. The molecule has 12 heavy (non-hydrogen) atoms. The highest BCUT2D eigenvalue weighted by Gasteiger charge is 1.87. The number of aromatic hydroxyl groups is 1. The Morgan fingerprint density at radius 2 is 2.17 bits per heavy atom. The fourth-order valence-corrected chi connectivity index (χ4v) is 1.11. The molecule has 0 aliphatic heterocycles. The molecule has 0 radical (unpaired) electrons. The number of benzene rings is 1. The fraction of sp³-hybridized carbons (Fsp3) is 0.200. The van der Waals surface area contributed by atoms with Crippen molar-refractivity contribution in [1.82, 2.24) is 0 Å². The molecule has 0 saturated heterocycles. The summed E-state index contributed by atoms with van der Waals surface area (Å²) in [6.45, 7) is 2.06. The van der Waals surface area contributed by atoms with Crippen molar-refractivity contribution < 1.29 is 5.11 Å². The average Bonchev–Trinajstić information content (AvgIpc) is 2.08. The first-order valence-corrected chi connectivity index (χ1v) is 3.99. The Hall–Kier alpha value is -1.44. The van der Waals surface area contributed by atoms with E-state index in [2.05, 4.69) is 13.0 Å². The Bertz CT molecular complexity index is 368. The van der Waals surface area contributed by atoms with Crippen molar-refractivity contribution in [3.8, 4) is 5.75 Å². The van der Waals surface area contributed by atoms with E-state index in [4.69, 9.17) is 10.8 Å². The lowest BCUT2D eigenvalue weighted by Crippen LogP contribution is -2.25. The van der Waals surface area contributed by atoms with E-state index in [-0.39, 0.29) is 5.75 Å². The summed E-state index contributed by atoms with van der Waals surface area (Å²) in [7, 11) is 0. The summed E-state index contributed by atoms with van der Waals surface area (Å²) in [6, 6.07) is 5.17. The van der Waals surface area contributed by atoms with Gasteiger partial charge in [0.1, 0.15) is 5.75 Å². The van der Waals surface area contributed by atoms with Gasteiger partial charge in [-0.3, -0.25) is 0 Å². The molecule has 1 aromatic rings. The fourth-order valence-electron chi connectivity index (χ4n) is 1.11. The molecule has 1 rings (SSSR count). The molecule has 0 aliphatic carbocycles. The van der Waals surface area contributed by atoms with E-state index < -0.39 is 0 Å². The van der Waals surface area contributed by atoms with Crippen LogP contribution in [0.5, 0.6) is 5.75 Å². The van der Waals surface area contributed by atoms with Crippen molar-refractivity contribution in [2.24, 2.45) is 5.73 Å². The van der Waals surface area contributed by atoms with Gasteiger partial charge in [0.2, 0.25) is 0 Å². The van der Waals surface area contributed by atoms with E-state index in [1.54, 1.807) is 12.1 Å². The molecule has 0 aromatic heterocycles. The Kier molecular flexibility index (Phi) is 2.75. The van der Waals surface area contributed by atoms with E-state index in [1.807, 2.05) is 6.07 Å². The minimum Gasteiger partial charge on any atom is -0.508 e. The largest absolute Gasteiger partial charge is 0.508 e. The normalized spacial score (nSPS) is 13.8. The zero-order valence-corrected chi connectivity index (χ0v) is 7.12. The van der Waals surface area contributed by atoms with Gasteiger partial charge < -0.3 is 10.8 Å². The lowest BCUT2D eigenvalue weighted by Gasteiger charge is -1.92. The van der Waals surface area contributed by atoms with Crippen LogP contribution in [0.1, 0.15) is 13.3 Å². The summed E-state index contributed by atoms with van der Waals surface area (Å²) in [6.07, 6.45) is 4.53. The van der Waals surface area contributed by atoms with Gasteiger partial charge in [-0.2, -0.15) is 0 Å². The van der Waals surface area contributed by atoms with Gasteiger partial charge in [-0.1, -0.05) is 19.1 Å². The Balaban J connectivity index is 3.42. The standard InChI is InChI=1S/C10H13NO/c1-2-3-8-4-5-10(12)6-9(8)7-11/h3-7,12H,2,11H2,1H3/b8-3-,9-7-. The lowest BCUT2D eigenvalue weighted by molar-refractivity contribution is 0.474. The highest BCUT2D eigenvalue weighted by atomic mass is 16.3. The topological polar surface area (TPSA) is 46.2 Å². The monoisotopic (exact) mass is 163 g/mol. The number of hydrogen-bond donors (Lipinski definition) is 2. The second-order valence-corrected chi connectivity index (χ2v) is 2.59. The van der Waals surface area contributed by atoms with Crippen LogP contribution in [0.4, 0.5) is 0 Å². The third-order valence-corrected chi connectivity index (χ3v) is 1.67. The van der Waals surface area contributed by atoms with Crippen LogP contribution >= 0.6 is 0 Å². The predicted molar refractivity (Wildman–Crippen MR) is 50.8 cm³/mol. The van der Waals surface area contributed by atoms with Gasteiger partial charge in [0, 0.05) is 11.4 Å².